The van der Waals surface area contributed by atoms with E-state index in [-0.39, 0.29) is 30.2 Å². The van der Waals surface area contributed by atoms with Crippen molar-refractivity contribution in [2.45, 2.75) is 26.3 Å². The fraction of sp³-hybridized carbons (Fsp3) is 0.400. The molecule has 2 N–H and O–H groups in total. The van der Waals surface area contributed by atoms with Gasteiger partial charge >= 0.3 is 0 Å². The number of aryl methyl sites for hydroxylation is 1. The summed E-state index contributed by atoms with van der Waals surface area (Å²) >= 11 is 0. The van der Waals surface area contributed by atoms with E-state index in [1.165, 1.54) is 10.9 Å². The SMILES string of the molecule is CNC(=O)Cn1cc(NC(=O)C2CCN(C(=O)c3ccccc3C)CC2)cn1. The predicted molar refractivity (Wildman–Crippen MR) is 105 cm³/mol. The van der Waals surface area contributed by atoms with Crippen LogP contribution in [-0.2, 0) is 16.1 Å². The molecule has 1 aliphatic rings. The maximum absolute atomic E-state index is 12.7. The number of hydrogen-bond acceptors (Lipinski definition) is 4. The third-order valence-corrected chi connectivity index (χ3v) is 5.01. The van der Waals surface area contributed by atoms with E-state index < -0.39 is 0 Å². The second-order valence-corrected chi connectivity index (χ2v) is 6.97. The summed E-state index contributed by atoms with van der Waals surface area (Å²) in [5.74, 6) is -0.371. The highest BCUT2D eigenvalue weighted by atomic mass is 16.2. The number of rotatable bonds is 5. The van der Waals surface area contributed by atoms with Crippen LogP contribution < -0.4 is 10.6 Å². The number of benzene rings is 1. The van der Waals surface area contributed by atoms with Gasteiger partial charge in [0.25, 0.3) is 5.91 Å². The Hall–Kier alpha value is -3.16. The maximum atomic E-state index is 12.7. The number of hydrogen-bond donors (Lipinski definition) is 2. The number of likely N-dealkylation sites (N-methyl/N-ethyl adjacent to an activating group) is 1. The average Bonchev–Trinajstić information content (AvgIpc) is 3.14. The van der Waals surface area contributed by atoms with Gasteiger partial charge in [-0.1, -0.05) is 18.2 Å². The Morgan fingerprint density at radius 2 is 1.89 bits per heavy atom. The van der Waals surface area contributed by atoms with Crippen molar-refractivity contribution in [1.29, 1.82) is 0 Å². The van der Waals surface area contributed by atoms with Crippen molar-refractivity contribution >= 4 is 23.4 Å². The van der Waals surface area contributed by atoms with E-state index in [1.54, 1.807) is 13.2 Å². The molecule has 0 atom stereocenters. The first-order valence-corrected chi connectivity index (χ1v) is 9.36. The van der Waals surface area contributed by atoms with Gasteiger partial charge in [0, 0.05) is 37.8 Å². The van der Waals surface area contributed by atoms with Crippen molar-refractivity contribution in [3.05, 3.63) is 47.8 Å². The summed E-state index contributed by atoms with van der Waals surface area (Å²) in [6.07, 6.45) is 4.40. The first-order chi connectivity index (χ1) is 13.5. The Labute approximate surface area is 163 Å². The molecule has 28 heavy (non-hydrogen) atoms. The number of carbonyl (C=O) groups is 3. The molecule has 1 aromatic carbocycles. The molecule has 1 saturated heterocycles. The molecule has 0 radical (unpaired) electrons. The van der Waals surface area contributed by atoms with Crippen molar-refractivity contribution in [3.8, 4) is 0 Å². The quantitative estimate of drug-likeness (QED) is 0.816. The summed E-state index contributed by atoms with van der Waals surface area (Å²) in [6.45, 7) is 3.14. The third-order valence-electron chi connectivity index (χ3n) is 5.01. The van der Waals surface area contributed by atoms with Crippen LogP contribution in [0.1, 0.15) is 28.8 Å². The van der Waals surface area contributed by atoms with Gasteiger partial charge < -0.3 is 15.5 Å². The predicted octanol–water partition coefficient (Wildman–Crippen LogP) is 1.43. The first-order valence-electron chi connectivity index (χ1n) is 9.36. The van der Waals surface area contributed by atoms with Crippen LogP contribution in [-0.4, -0.2) is 52.5 Å². The van der Waals surface area contributed by atoms with E-state index in [1.807, 2.05) is 36.1 Å². The molecule has 1 aliphatic heterocycles. The third kappa shape index (κ3) is 4.57. The fourth-order valence-corrected chi connectivity index (χ4v) is 3.31. The lowest BCUT2D eigenvalue weighted by molar-refractivity contribution is -0.121. The van der Waals surface area contributed by atoms with Gasteiger partial charge in [0.05, 0.1) is 11.9 Å². The topological polar surface area (TPSA) is 96.3 Å². The Morgan fingerprint density at radius 1 is 1.18 bits per heavy atom. The maximum Gasteiger partial charge on any atom is 0.254 e. The first kappa shape index (κ1) is 19.6. The summed E-state index contributed by atoms with van der Waals surface area (Å²) in [7, 11) is 1.56. The highest BCUT2D eigenvalue weighted by Crippen LogP contribution is 2.22. The van der Waals surface area contributed by atoms with E-state index in [2.05, 4.69) is 15.7 Å². The van der Waals surface area contributed by atoms with Gasteiger partial charge in [0.15, 0.2) is 0 Å². The van der Waals surface area contributed by atoms with Crippen LogP contribution in [0.4, 0.5) is 5.69 Å². The molecule has 2 heterocycles. The van der Waals surface area contributed by atoms with E-state index in [0.717, 1.165) is 5.56 Å². The smallest absolute Gasteiger partial charge is 0.254 e. The lowest BCUT2D eigenvalue weighted by Crippen LogP contribution is -2.41. The van der Waals surface area contributed by atoms with E-state index in [0.29, 0.717) is 37.2 Å². The normalized spacial score (nSPS) is 14.6. The molecule has 0 bridgehead atoms. The number of aromatic nitrogens is 2. The molecule has 2 aromatic rings. The van der Waals surface area contributed by atoms with Crippen LogP contribution in [0.2, 0.25) is 0 Å². The molecule has 148 valence electrons. The van der Waals surface area contributed by atoms with Crippen molar-refractivity contribution in [2.75, 3.05) is 25.5 Å². The van der Waals surface area contributed by atoms with Crippen molar-refractivity contribution in [1.82, 2.24) is 20.0 Å². The Balaban J connectivity index is 1.52. The summed E-state index contributed by atoms with van der Waals surface area (Å²) in [6, 6.07) is 7.55. The van der Waals surface area contributed by atoms with Gasteiger partial charge in [-0.25, -0.2) is 0 Å². The molecule has 3 amide bonds. The molecule has 0 aliphatic carbocycles. The van der Waals surface area contributed by atoms with Crippen molar-refractivity contribution in [2.24, 2.45) is 5.92 Å². The second-order valence-electron chi connectivity index (χ2n) is 6.97. The van der Waals surface area contributed by atoms with E-state index in [4.69, 9.17) is 0 Å². The number of amides is 3. The van der Waals surface area contributed by atoms with Crippen molar-refractivity contribution < 1.29 is 14.4 Å². The minimum absolute atomic E-state index is 0.0208. The minimum Gasteiger partial charge on any atom is -0.358 e. The molecule has 3 rings (SSSR count). The number of likely N-dealkylation sites (tertiary alicyclic amines) is 1. The highest BCUT2D eigenvalue weighted by molar-refractivity contribution is 5.96. The molecule has 0 unspecified atom stereocenters. The van der Waals surface area contributed by atoms with Crippen molar-refractivity contribution in [3.63, 3.8) is 0 Å². The largest absolute Gasteiger partial charge is 0.358 e. The summed E-state index contributed by atoms with van der Waals surface area (Å²) in [5, 5.41) is 9.44. The lowest BCUT2D eigenvalue weighted by Gasteiger charge is -2.31. The van der Waals surface area contributed by atoms with Crippen LogP contribution in [0.15, 0.2) is 36.7 Å². The summed E-state index contributed by atoms with van der Waals surface area (Å²) in [5.41, 5.74) is 2.24. The molecular weight excluding hydrogens is 358 g/mol. The molecular formula is C20H25N5O3. The average molecular weight is 383 g/mol. The second kappa shape index (κ2) is 8.69. The van der Waals surface area contributed by atoms with Gasteiger partial charge in [0.2, 0.25) is 11.8 Å². The number of nitrogens with one attached hydrogen (secondary N) is 2. The van der Waals surface area contributed by atoms with Crippen LogP contribution in [0.5, 0.6) is 0 Å². The summed E-state index contributed by atoms with van der Waals surface area (Å²) < 4.78 is 1.47. The molecule has 0 spiro atoms. The number of piperidine rings is 1. The van der Waals surface area contributed by atoms with Gasteiger partial charge in [-0.15, -0.1) is 0 Å². The molecule has 8 heteroatoms. The zero-order chi connectivity index (χ0) is 20.1. The molecule has 1 aromatic heterocycles. The zero-order valence-corrected chi connectivity index (χ0v) is 16.1. The fourth-order valence-electron chi connectivity index (χ4n) is 3.31. The Morgan fingerprint density at radius 3 is 2.57 bits per heavy atom. The number of anilines is 1. The van der Waals surface area contributed by atoms with Gasteiger partial charge in [-0.3, -0.25) is 19.1 Å². The number of nitrogens with zero attached hydrogens (tertiary/aromatic N) is 3. The van der Waals surface area contributed by atoms with Crippen LogP contribution in [0, 0.1) is 12.8 Å². The van der Waals surface area contributed by atoms with Gasteiger partial charge in [-0.05, 0) is 31.4 Å². The Bertz CT molecular complexity index is 868. The summed E-state index contributed by atoms with van der Waals surface area (Å²) in [4.78, 5) is 38.4. The lowest BCUT2D eigenvalue weighted by atomic mass is 9.95. The van der Waals surface area contributed by atoms with E-state index >= 15 is 0 Å². The van der Waals surface area contributed by atoms with Crippen LogP contribution in [0.3, 0.4) is 0 Å². The molecule has 1 fully saturated rings. The minimum atomic E-state index is -0.160. The highest BCUT2D eigenvalue weighted by Gasteiger charge is 2.28. The van der Waals surface area contributed by atoms with E-state index in [9.17, 15) is 14.4 Å². The van der Waals surface area contributed by atoms with Gasteiger partial charge in [-0.2, -0.15) is 5.10 Å². The molecule has 8 nitrogen and oxygen atoms in total. The zero-order valence-electron chi connectivity index (χ0n) is 16.1. The number of carbonyl (C=O) groups excluding carboxylic acids is 3. The van der Waals surface area contributed by atoms with Crippen LogP contribution >= 0.6 is 0 Å². The standard InChI is InChI=1S/C20H25N5O3/c1-14-5-3-4-6-17(14)20(28)24-9-7-15(8-10-24)19(27)23-16-11-22-25(12-16)13-18(26)21-2/h3-6,11-12,15H,7-10,13H2,1-2H3,(H,21,26)(H,23,27). The monoisotopic (exact) mass is 383 g/mol. The van der Waals surface area contributed by atoms with Crippen LogP contribution in [0.25, 0.3) is 0 Å². The van der Waals surface area contributed by atoms with Gasteiger partial charge in [0.1, 0.15) is 6.54 Å². The molecule has 0 saturated carbocycles. The Kier molecular flexibility index (Phi) is 6.08.